The molecule has 21 heavy (non-hydrogen) atoms. The first-order valence-corrected chi connectivity index (χ1v) is 6.42. The molecule has 3 amide bonds. The van der Waals surface area contributed by atoms with E-state index in [9.17, 15) is 24.6 Å². The minimum absolute atomic E-state index is 0.0330. The Morgan fingerprint density at radius 3 is 2.76 bits per heavy atom. The Labute approximate surface area is 120 Å². The standard InChI is InChI=1S/C12H17N3O6/c1-5(16)8-7-2-6(3-21-4-14-12(13)20)9(11(18)19)15(7)10(8)17/h5,7-8,16H,2-4H2,1H3,(H,18,19)(H3,13,14,20). The molecule has 0 aromatic carbocycles. The molecule has 2 aliphatic rings. The number of carbonyl (C=O) groups is 3. The average molecular weight is 299 g/mol. The average Bonchev–Trinajstić information content (AvgIpc) is 2.68. The Morgan fingerprint density at radius 2 is 2.24 bits per heavy atom. The minimum atomic E-state index is -1.21. The Morgan fingerprint density at radius 1 is 1.57 bits per heavy atom. The van der Waals surface area contributed by atoms with Gasteiger partial charge in [0.15, 0.2) is 0 Å². The molecule has 0 spiro atoms. The molecule has 0 aromatic heterocycles. The summed E-state index contributed by atoms with van der Waals surface area (Å²) in [6.45, 7) is 1.32. The van der Waals surface area contributed by atoms with Crippen molar-refractivity contribution in [3.05, 3.63) is 11.3 Å². The van der Waals surface area contributed by atoms with E-state index in [1.165, 1.54) is 11.8 Å². The van der Waals surface area contributed by atoms with E-state index in [2.05, 4.69) is 5.32 Å². The van der Waals surface area contributed by atoms with Crippen LogP contribution in [0.3, 0.4) is 0 Å². The van der Waals surface area contributed by atoms with Crippen molar-refractivity contribution in [2.75, 3.05) is 13.3 Å². The number of primary amides is 1. The van der Waals surface area contributed by atoms with Crippen LogP contribution in [0.1, 0.15) is 13.3 Å². The highest BCUT2D eigenvalue weighted by molar-refractivity contribution is 5.99. The minimum Gasteiger partial charge on any atom is -0.477 e. The van der Waals surface area contributed by atoms with Crippen molar-refractivity contribution < 1.29 is 29.3 Å². The number of nitrogens with two attached hydrogens (primary N) is 1. The number of aliphatic carboxylic acids is 1. The molecule has 0 bridgehead atoms. The molecule has 0 aliphatic carbocycles. The van der Waals surface area contributed by atoms with Gasteiger partial charge in [0.05, 0.1) is 24.7 Å². The van der Waals surface area contributed by atoms with Gasteiger partial charge in [0, 0.05) is 0 Å². The molecular formula is C12H17N3O6. The first kappa shape index (κ1) is 15.3. The van der Waals surface area contributed by atoms with Gasteiger partial charge in [-0.05, 0) is 18.9 Å². The molecule has 0 radical (unpaired) electrons. The lowest BCUT2D eigenvalue weighted by Crippen LogP contribution is -2.61. The molecule has 3 atom stereocenters. The number of rotatable bonds is 6. The van der Waals surface area contributed by atoms with Gasteiger partial charge < -0.3 is 30.9 Å². The number of aliphatic hydroxyl groups is 1. The van der Waals surface area contributed by atoms with Crippen LogP contribution in [0.25, 0.3) is 0 Å². The van der Waals surface area contributed by atoms with Gasteiger partial charge in [-0.25, -0.2) is 9.59 Å². The number of fused-ring (bicyclic) bond motifs is 1. The fraction of sp³-hybridized carbons (Fsp3) is 0.583. The smallest absolute Gasteiger partial charge is 0.352 e. The predicted molar refractivity (Wildman–Crippen MR) is 68.6 cm³/mol. The molecule has 0 aromatic rings. The number of hydrogen-bond acceptors (Lipinski definition) is 5. The molecule has 2 aliphatic heterocycles. The summed E-state index contributed by atoms with van der Waals surface area (Å²) in [5, 5.41) is 21.0. The summed E-state index contributed by atoms with van der Waals surface area (Å²) < 4.78 is 5.13. The molecule has 2 heterocycles. The summed E-state index contributed by atoms with van der Waals surface area (Å²) in [4.78, 5) is 34.9. The van der Waals surface area contributed by atoms with Crippen molar-refractivity contribution >= 4 is 17.9 Å². The molecule has 1 fully saturated rings. The fourth-order valence-electron chi connectivity index (χ4n) is 2.79. The fourth-order valence-corrected chi connectivity index (χ4v) is 2.79. The topological polar surface area (TPSA) is 142 Å². The number of urea groups is 1. The SMILES string of the molecule is CC(O)C1C(=O)N2C(C(=O)O)=C(COCNC(N)=O)CC12. The number of aliphatic hydroxyl groups excluding tert-OH is 1. The summed E-state index contributed by atoms with van der Waals surface area (Å²) >= 11 is 0. The van der Waals surface area contributed by atoms with E-state index in [-0.39, 0.29) is 25.1 Å². The molecular weight excluding hydrogens is 282 g/mol. The van der Waals surface area contributed by atoms with Gasteiger partial charge in [-0.1, -0.05) is 0 Å². The maximum Gasteiger partial charge on any atom is 0.352 e. The first-order valence-electron chi connectivity index (χ1n) is 6.42. The van der Waals surface area contributed by atoms with E-state index in [4.69, 9.17) is 10.5 Å². The lowest BCUT2D eigenvalue weighted by atomic mass is 9.83. The van der Waals surface area contributed by atoms with Crippen LogP contribution >= 0.6 is 0 Å². The van der Waals surface area contributed by atoms with Gasteiger partial charge in [0.25, 0.3) is 0 Å². The van der Waals surface area contributed by atoms with Crippen molar-refractivity contribution in [2.45, 2.75) is 25.5 Å². The summed E-state index contributed by atoms with van der Waals surface area (Å²) in [7, 11) is 0. The van der Waals surface area contributed by atoms with E-state index >= 15 is 0 Å². The van der Waals surface area contributed by atoms with Crippen LogP contribution in [0.2, 0.25) is 0 Å². The maximum absolute atomic E-state index is 11.9. The Balaban J connectivity index is 2.04. The van der Waals surface area contributed by atoms with Crippen LogP contribution in [0.5, 0.6) is 0 Å². The van der Waals surface area contributed by atoms with Gasteiger partial charge in [-0.15, -0.1) is 0 Å². The third-order valence-electron chi connectivity index (χ3n) is 3.65. The van der Waals surface area contributed by atoms with Crippen molar-refractivity contribution in [1.29, 1.82) is 0 Å². The van der Waals surface area contributed by atoms with Gasteiger partial charge in [0.2, 0.25) is 5.91 Å². The number of hydrogen-bond donors (Lipinski definition) is 4. The third kappa shape index (κ3) is 2.69. The number of ether oxygens (including phenoxy) is 1. The monoisotopic (exact) mass is 299 g/mol. The van der Waals surface area contributed by atoms with E-state index in [0.717, 1.165) is 0 Å². The molecule has 3 unspecified atom stereocenters. The number of nitrogens with zero attached hydrogens (tertiary/aromatic N) is 1. The zero-order valence-electron chi connectivity index (χ0n) is 11.4. The highest BCUT2D eigenvalue weighted by Crippen LogP contribution is 2.43. The lowest BCUT2D eigenvalue weighted by molar-refractivity contribution is -0.161. The largest absolute Gasteiger partial charge is 0.477 e. The van der Waals surface area contributed by atoms with Crippen molar-refractivity contribution in [1.82, 2.24) is 10.2 Å². The number of carboxylic acids is 1. The van der Waals surface area contributed by atoms with Crippen LogP contribution in [0.4, 0.5) is 4.79 Å². The van der Waals surface area contributed by atoms with E-state index in [1.54, 1.807) is 0 Å². The summed E-state index contributed by atoms with van der Waals surface area (Å²) in [5.74, 6) is -2.19. The van der Waals surface area contributed by atoms with E-state index in [1.807, 2.05) is 0 Å². The van der Waals surface area contributed by atoms with Crippen LogP contribution in [-0.4, -0.2) is 58.5 Å². The number of carbonyl (C=O) groups excluding carboxylic acids is 2. The zero-order valence-corrected chi connectivity index (χ0v) is 11.4. The predicted octanol–water partition coefficient (Wildman–Crippen LogP) is -1.42. The number of nitrogens with one attached hydrogen (secondary N) is 1. The number of carboxylic acid groups (broad SMARTS) is 1. The Bertz CT molecular complexity index is 515. The molecule has 1 saturated heterocycles. The molecule has 0 saturated carbocycles. The maximum atomic E-state index is 11.9. The van der Waals surface area contributed by atoms with E-state index < -0.39 is 29.9 Å². The lowest BCUT2D eigenvalue weighted by Gasteiger charge is -2.44. The number of β-lactam (4-membered cyclic amide) rings is 1. The summed E-state index contributed by atoms with van der Waals surface area (Å²) in [6, 6.07) is -1.09. The van der Waals surface area contributed by atoms with E-state index in [0.29, 0.717) is 12.0 Å². The molecule has 2 rings (SSSR count). The van der Waals surface area contributed by atoms with Crippen molar-refractivity contribution in [2.24, 2.45) is 11.7 Å². The summed E-state index contributed by atoms with van der Waals surface area (Å²) in [6.07, 6.45) is -0.495. The van der Waals surface area contributed by atoms with Crippen molar-refractivity contribution in [3.8, 4) is 0 Å². The normalized spacial score (nSPS) is 25.4. The highest BCUT2D eigenvalue weighted by Gasteiger charge is 2.56. The first-order chi connectivity index (χ1) is 9.84. The zero-order chi connectivity index (χ0) is 15.7. The third-order valence-corrected chi connectivity index (χ3v) is 3.65. The van der Waals surface area contributed by atoms with Gasteiger partial charge >= 0.3 is 12.0 Å². The van der Waals surface area contributed by atoms with Crippen LogP contribution in [0.15, 0.2) is 11.3 Å². The molecule has 9 nitrogen and oxygen atoms in total. The quantitative estimate of drug-likeness (QED) is 0.269. The van der Waals surface area contributed by atoms with Gasteiger partial charge in [-0.2, -0.15) is 0 Å². The second-order valence-electron chi connectivity index (χ2n) is 5.04. The van der Waals surface area contributed by atoms with Crippen LogP contribution in [-0.2, 0) is 14.3 Å². The second kappa shape index (κ2) is 5.70. The van der Waals surface area contributed by atoms with Crippen LogP contribution < -0.4 is 11.1 Å². The summed E-state index contributed by atoms with van der Waals surface area (Å²) in [5.41, 5.74) is 5.23. The number of amides is 3. The van der Waals surface area contributed by atoms with Gasteiger partial charge in [-0.3, -0.25) is 4.79 Å². The van der Waals surface area contributed by atoms with Crippen LogP contribution in [0, 0.1) is 5.92 Å². The second-order valence-corrected chi connectivity index (χ2v) is 5.04. The molecule has 116 valence electrons. The Kier molecular flexibility index (Phi) is 4.14. The Hall–Kier alpha value is -2.13. The highest BCUT2D eigenvalue weighted by atomic mass is 16.5. The van der Waals surface area contributed by atoms with Crippen molar-refractivity contribution in [3.63, 3.8) is 0 Å². The molecule has 9 heteroatoms. The van der Waals surface area contributed by atoms with Gasteiger partial charge in [0.1, 0.15) is 12.4 Å². The molecule has 5 N–H and O–H groups in total.